The van der Waals surface area contributed by atoms with Crippen molar-refractivity contribution in [1.82, 2.24) is 9.13 Å². The minimum Gasteiger partial charge on any atom is -0.463 e. The summed E-state index contributed by atoms with van der Waals surface area (Å²) in [7, 11) is 0.625. The number of hydrogen-bond acceptors (Lipinski definition) is 6. The largest absolute Gasteiger partial charge is 0.463 e. The van der Waals surface area contributed by atoms with Crippen LogP contribution in [0.5, 0.6) is 0 Å². The van der Waals surface area contributed by atoms with E-state index in [0.29, 0.717) is 7.05 Å². The fourth-order valence-corrected chi connectivity index (χ4v) is 2.95. The number of hydrogen-bond donors (Lipinski definition) is 0. The van der Waals surface area contributed by atoms with Crippen LogP contribution in [0.1, 0.15) is 36.8 Å². The highest BCUT2D eigenvalue weighted by molar-refractivity contribution is 6.33. The molecule has 0 aliphatic rings. The second kappa shape index (κ2) is 9.20. The second-order valence-electron chi connectivity index (χ2n) is 7.40. The molecule has 0 saturated heterocycles. The van der Waals surface area contributed by atoms with Crippen molar-refractivity contribution in [1.29, 1.82) is 0 Å². The van der Waals surface area contributed by atoms with Crippen molar-refractivity contribution in [2.75, 3.05) is 6.61 Å². The molecule has 1 heterocycles. The normalized spacial score (nSPS) is 12.4. The number of aromatic nitrogens is 2. The summed E-state index contributed by atoms with van der Waals surface area (Å²) in [5, 5.41) is -0.224. The van der Waals surface area contributed by atoms with Gasteiger partial charge < -0.3 is 9.47 Å². The van der Waals surface area contributed by atoms with E-state index >= 15 is 0 Å². The number of carbonyl (C=O) groups is 2. The average Bonchev–Trinajstić information content (AvgIpc) is 2.70. The van der Waals surface area contributed by atoms with Crippen molar-refractivity contribution in [2.45, 2.75) is 38.5 Å². The number of ether oxygens (including phenoxy) is 2. The van der Waals surface area contributed by atoms with Crippen LogP contribution in [-0.2, 0) is 27.2 Å². The van der Waals surface area contributed by atoms with Crippen LogP contribution in [0.3, 0.4) is 0 Å². The number of esters is 2. The molecule has 0 spiro atoms. The predicted molar refractivity (Wildman–Crippen MR) is 108 cm³/mol. The first-order valence-electron chi connectivity index (χ1n) is 9.44. The van der Waals surface area contributed by atoms with Crippen LogP contribution in [0.2, 0.25) is 5.02 Å². The summed E-state index contributed by atoms with van der Waals surface area (Å²) >= 11 is 5.98. The number of rotatable bonds is 6. The Morgan fingerprint density at radius 2 is 1.65 bits per heavy atom. The van der Waals surface area contributed by atoms with Gasteiger partial charge in [-0.1, -0.05) is 11.6 Å². The van der Waals surface area contributed by atoms with E-state index in [1.165, 1.54) is 20.8 Å². The minimum atomic E-state index is -6.06. The molecule has 2 rings (SSSR count). The van der Waals surface area contributed by atoms with Crippen LogP contribution < -0.4 is 11.2 Å². The zero-order valence-electron chi connectivity index (χ0n) is 18.1. The van der Waals surface area contributed by atoms with Gasteiger partial charge in [0.2, 0.25) is 5.60 Å². The third kappa shape index (κ3) is 4.98. The Labute approximate surface area is 193 Å². The predicted octanol–water partition coefficient (Wildman–Crippen LogP) is 3.34. The molecule has 0 saturated carbocycles. The van der Waals surface area contributed by atoms with E-state index < -0.39 is 52.1 Å². The standard InChI is InChI=1S/C20H18ClF5N2O6/c1-5-33-16(31)18(2,3)34-15(30)11-8-10(6-7-12(11)21)28-14(29)9-13(27(4)17(28)32)19(22,23)20(24,25)26/h6-9H,5H2,1-4H3. The van der Waals surface area contributed by atoms with Gasteiger partial charge in [-0.2, -0.15) is 22.0 Å². The highest BCUT2D eigenvalue weighted by Gasteiger charge is 2.60. The third-order valence-corrected chi connectivity index (χ3v) is 4.87. The molecule has 1 aromatic heterocycles. The Morgan fingerprint density at radius 3 is 2.18 bits per heavy atom. The average molecular weight is 513 g/mol. The SMILES string of the molecule is CCOC(=O)C(C)(C)OC(=O)c1cc(-n2c(=O)cc(C(F)(F)C(F)(F)F)n(C)c2=O)ccc1Cl. The smallest absolute Gasteiger partial charge is 0.459 e. The van der Waals surface area contributed by atoms with Crippen molar-refractivity contribution < 1.29 is 41.0 Å². The van der Waals surface area contributed by atoms with Gasteiger partial charge in [0.25, 0.3) is 5.56 Å². The van der Waals surface area contributed by atoms with Crippen molar-refractivity contribution >= 4 is 23.5 Å². The zero-order valence-corrected chi connectivity index (χ0v) is 18.9. The minimum absolute atomic E-state index is 0.00560. The lowest BCUT2D eigenvalue weighted by molar-refractivity contribution is -0.292. The van der Waals surface area contributed by atoms with E-state index in [2.05, 4.69) is 0 Å². The van der Waals surface area contributed by atoms with E-state index in [4.69, 9.17) is 21.1 Å². The molecule has 0 unspecified atom stereocenters. The topological polar surface area (TPSA) is 96.6 Å². The van der Waals surface area contributed by atoms with Gasteiger partial charge in [-0.15, -0.1) is 0 Å². The second-order valence-corrected chi connectivity index (χ2v) is 7.81. The van der Waals surface area contributed by atoms with Crippen LogP contribution in [0.4, 0.5) is 22.0 Å². The molecule has 0 aliphatic carbocycles. The summed E-state index contributed by atoms with van der Waals surface area (Å²) in [5.74, 6) is -7.51. The van der Waals surface area contributed by atoms with Crippen molar-refractivity contribution in [3.63, 3.8) is 0 Å². The van der Waals surface area contributed by atoms with Gasteiger partial charge in [0.05, 0.1) is 22.9 Å². The number of nitrogens with zero attached hydrogens (tertiary/aromatic N) is 2. The molecule has 8 nitrogen and oxygen atoms in total. The maximum Gasteiger partial charge on any atom is 0.459 e. The Balaban J connectivity index is 2.60. The zero-order chi connectivity index (χ0) is 26.2. The quantitative estimate of drug-likeness (QED) is 0.435. The van der Waals surface area contributed by atoms with Gasteiger partial charge in [0.15, 0.2) is 0 Å². The molecule has 14 heteroatoms. The first kappa shape index (κ1) is 27.0. The Morgan fingerprint density at radius 1 is 1.06 bits per heavy atom. The first-order valence-corrected chi connectivity index (χ1v) is 9.82. The maximum atomic E-state index is 13.8. The van der Waals surface area contributed by atoms with E-state index in [0.717, 1.165) is 18.2 Å². The molecule has 0 N–H and O–H groups in total. The van der Waals surface area contributed by atoms with Gasteiger partial charge >= 0.3 is 29.7 Å². The van der Waals surface area contributed by atoms with Gasteiger partial charge in [0, 0.05) is 13.1 Å². The maximum absolute atomic E-state index is 13.8. The van der Waals surface area contributed by atoms with Crippen LogP contribution in [0, 0.1) is 0 Å². The van der Waals surface area contributed by atoms with E-state index in [1.807, 2.05) is 0 Å². The molecular formula is C20H18ClF5N2O6. The Bertz CT molecular complexity index is 1250. The van der Waals surface area contributed by atoms with Crippen molar-refractivity contribution in [2.24, 2.45) is 7.05 Å². The lowest BCUT2D eigenvalue weighted by Crippen LogP contribution is -2.45. The van der Waals surface area contributed by atoms with Crippen molar-refractivity contribution in [3.05, 3.63) is 61.4 Å². The molecule has 0 radical (unpaired) electrons. The fraction of sp³-hybridized carbons (Fsp3) is 0.400. The summed E-state index contributed by atoms with van der Waals surface area (Å²) in [6.07, 6.45) is -6.06. The van der Waals surface area contributed by atoms with Gasteiger partial charge in [-0.05, 0) is 39.0 Å². The third-order valence-electron chi connectivity index (χ3n) is 4.54. The molecule has 0 fully saturated rings. The van der Waals surface area contributed by atoms with Crippen LogP contribution in [-0.4, -0.2) is 39.5 Å². The molecular weight excluding hydrogens is 495 g/mol. The molecule has 2 aromatic rings. The molecule has 0 bridgehead atoms. The summed E-state index contributed by atoms with van der Waals surface area (Å²) in [6, 6.07) is 2.97. The Kier molecular flexibility index (Phi) is 7.31. The van der Waals surface area contributed by atoms with E-state index in [1.54, 1.807) is 0 Å². The van der Waals surface area contributed by atoms with Crippen molar-refractivity contribution in [3.8, 4) is 5.69 Å². The number of benzene rings is 1. The molecule has 0 atom stereocenters. The van der Waals surface area contributed by atoms with Gasteiger partial charge in [0.1, 0.15) is 5.69 Å². The number of carbonyl (C=O) groups excluding carboxylic acids is 2. The molecule has 186 valence electrons. The van der Waals surface area contributed by atoms with Gasteiger partial charge in [-0.25, -0.2) is 19.0 Å². The number of halogens is 6. The lowest BCUT2D eigenvalue weighted by Gasteiger charge is -2.23. The summed E-state index contributed by atoms with van der Waals surface area (Å²) in [4.78, 5) is 49.5. The van der Waals surface area contributed by atoms with Crippen LogP contribution >= 0.6 is 11.6 Å². The van der Waals surface area contributed by atoms with Gasteiger partial charge in [-0.3, -0.25) is 9.36 Å². The number of alkyl halides is 5. The van der Waals surface area contributed by atoms with Crippen LogP contribution in [0.25, 0.3) is 5.69 Å². The molecule has 0 aliphatic heterocycles. The molecule has 0 amide bonds. The molecule has 1 aromatic carbocycles. The summed E-state index contributed by atoms with van der Waals surface area (Å²) in [5.41, 5.74) is -7.47. The highest BCUT2D eigenvalue weighted by atomic mass is 35.5. The summed E-state index contributed by atoms with van der Waals surface area (Å²) < 4.78 is 75.9. The molecule has 34 heavy (non-hydrogen) atoms. The fourth-order valence-electron chi connectivity index (χ4n) is 2.75. The van der Waals surface area contributed by atoms with Crippen LogP contribution in [0.15, 0.2) is 33.9 Å². The Hall–Kier alpha value is -3.22. The lowest BCUT2D eigenvalue weighted by atomic mass is 10.1. The van der Waals surface area contributed by atoms with E-state index in [-0.39, 0.29) is 32.5 Å². The highest BCUT2D eigenvalue weighted by Crippen LogP contribution is 2.42. The summed E-state index contributed by atoms with van der Waals surface area (Å²) in [6.45, 7) is 4.01. The first-order chi connectivity index (χ1) is 15.5. The van der Waals surface area contributed by atoms with E-state index in [9.17, 15) is 41.1 Å². The monoisotopic (exact) mass is 512 g/mol.